The van der Waals surface area contributed by atoms with Gasteiger partial charge >= 0.3 is 5.97 Å². The minimum atomic E-state index is -1.24. The van der Waals surface area contributed by atoms with Gasteiger partial charge in [0.2, 0.25) is 0 Å². The van der Waals surface area contributed by atoms with E-state index >= 15 is 0 Å². The summed E-state index contributed by atoms with van der Waals surface area (Å²) in [7, 11) is 0.0558. The Morgan fingerprint density at radius 3 is 2.67 bits per heavy atom. The molecule has 1 unspecified atom stereocenters. The number of hydrogen-bond acceptors (Lipinski definition) is 4. The summed E-state index contributed by atoms with van der Waals surface area (Å²) in [5, 5.41) is 0. The molecule has 2 aromatic rings. The van der Waals surface area contributed by atoms with Crippen LogP contribution < -0.4 is 0 Å². The summed E-state index contributed by atoms with van der Waals surface area (Å²) in [4.78, 5) is 12.1. The fourth-order valence-electron chi connectivity index (χ4n) is 1.52. The van der Waals surface area contributed by atoms with Crippen LogP contribution in [-0.2, 0) is 21.3 Å². The molecule has 0 fully saturated rings. The lowest BCUT2D eigenvalue weighted by molar-refractivity contribution is 0.0598. The van der Waals surface area contributed by atoms with Crippen LogP contribution in [0.25, 0.3) is 0 Å². The van der Waals surface area contributed by atoms with Crippen molar-refractivity contribution < 1.29 is 18.2 Å². The van der Waals surface area contributed by atoms with Crippen molar-refractivity contribution in [3.8, 4) is 0 Å². The van der Waals surface area contributed by atoms with Crippen molar-refractivity contribution in [2.45, 2.75) is 10.6 Å². The minimum Gasteiger partial charge on any atom is -0.467 e. The Morgan fingerprint density at radius 1 is 1.28 bits per heavy atom. The molecule has 1 heterocycles. The Hall–Kier alpha value is -1.88. The monoisotopic (exact) mass is 264 g/mol. The number of furan rings is 1. The molecule has 2 rings (SSSR count). The lowest BCUT2D eigenvalue weighted by atomic mass is 10.3. The van der Waals surface area contributed by atoms with Gasteiger partial charge in [0.05, 0.1) is 29.9 Å². The van der Waals surface area contributed by atoms with E-state index in [-0.39, 0.29) is 5.75 Å². The van der Waals surface area contributed by atoms with Crippen LogP contribution in [0.4, 0.5) is 0 Å². The van der Waals surface area contributed by atoms with Crippen LogP contribution in [0, 0.1) is 0 Å². The number of rotatable bonds is 4. The van der Waals surface area contributed by atoms with Gasteiger partial charge in [0.25, 0.3) is 0 Å². The number of esters is 1. The summed E-state index contributed by atoms with van der Waals surface area (Å²) in [6, 6.07) is 10.6. The zero-order valence-corrected chi connectivity index (χ0v) is 10.6. The Balaban J connectivity index is 2.18. The number of carbonyl (C=O) groups excluding carboxylic acids is 1. The molecule has 94 valence electrons. The molecule has 0 aliphatic heterocycles. The Kier molecular flexibility index (Phi) is 3.94. The van der Waals surface area contributed by atoms with E-state index in [9.17, 15) is 9.00 Å². The molecule has 0 saturated carbocycles. The van der Waals surface area contributed by atoms with Gasteiger partial charge < -0.3 is 9.15 Å². The maximum absolute atomic E-state index is 12.1. The summed E-state index contributed by atoms with van der Waals surface area (Å²) < 4.78 is 21.9. The molecule has 0 bridgehead atoms. The average molecular weight is 264 g/mol. The van der Waals surface area contributed by atoms with Crippen molar-refractivity contribution in [3.05, 3.63) is 54.0 Å². The van der Waals surface area contributed by atoms with Gasteiger partial charge in [0.1, 0.15) is 11.3 Å². The Morgan fingerprint density at radius 2 is 2.00 bits per heavy atom. The van der Waals surface area contributed by atoms with Crippen molar-refractivity contribution in [3.63, 3.8) is 0 Å². The van der Waals surface area contributed by atoms with E-state index in [1.807, 2.05) is 18.2 Å². The first kappa shape index (κ1) is 12.6. The van der Waals surface area contributed by atoms with Gasteiger partial charge in [-0.1, -0.05) is 18.2 Å². The highest BCUT2D eigenvalue weighted by Crippen LogP contribution is 2.17. The number of carbonyl (C=O) groups is 1. The second-order valence-corrected chi connectivity index (χ2v) is 5.00. The van der Waals surface area contributed by atoms with Gasteiger partial charge in [-0.25, -0.2) is 4.79 Å². The molecule has 1 atom stereocenters. The topological polar surface area (TPSA) is 56.5 Å². The highest BCUT2D eigenvalue weighted by Gasteiger charge is 2.17. The zero-order valence-electron chi connectivity index (χ0n) is 9.79. The summed E-state index contributed by atoms with van der Waals surface area (Å²) in [6.07, 6.45) is 1.39. The highest BCUT2D eigenvalue weighted by molar-refractivity contribution is 7.84. The third-order valence-corrected chi connectivity index (χ3v) is 3.74. The third kappa shape index (κ3) is 2.68. The molecule has 0 amide bonds. The zero-order chi connectivity index (χ0) is 13.0. The summed E-state index contributed by atoms with van der Waals surface area (Å²) in [5.74, 6) is 0.0504. The van der Waals surface area contributed by atoms with E-state index in [4.69, 9.17) is 4.42 Å². The van der Waals surface area contributed by atoms with Gasteiger partial charge in [0.15, 0.2) is 0 Å². The Labute approximate surface area is 107 Å². The molecular weight excluding hydrogens is 252 g/mol. The normalized spacial score (nSPS) is 12.1. The lowest BCUT2D eigenvalue weighted by Crippen LogP contribution is -2.05. The minimum absolute atomic E-state index is 0.154. The van der Waals surface area contributed by atoms with E-state index in [2.05, 4.69) is 4.74 Å². The van der Waals surface area contributed by atoms with Gasteiger partial charge in [-0.2, -0.15) is 0 Å². The van der Waals surface area contributed by atoms with E-state index in [1.165, 1.54) is 19.4 Å². The molecule has 0 N–H and O–H groups in total. The van der Waals surface area contributed by atoms with Crippen molar-refractivity contribution in [2.24, 2.45) is 0 Å². The molecule has 0 aliphatic carbocycles. The average Bonchev–Trinajstić information content (AvgIpc) is 2.87. The SMILES string of the molecule is COC(=O)c1ccoc1CS(=O)c1ccccc1. The molecule has 0 radical (unpaired) electrons. The number of benzene rings is 1. The molecule has 18 heavy (non-hydrogen) atoms. The van der Waals surface area contributed by atoms with Crippen LogP contribution in [0.2, 0.25) is 0 Å². The van der Waals surface area contributed by atoms with Gasteiger partial charge in [0, 0.05) is 4.90 Å². The lowest BCUT2D eigenvalue weighted by Gasteiger charge is -2.02. The molecule has 4 nitrogen and oxygen atoms in total. The maximum atomic E-state index is 12.1. The summed E-state index contributed by atoms with van der Waals surface area (Å²) in [6.45, 7) is 0. The van der Waals surface area contributed by atoms with Crippen molar-refractivity contribution in [1.82, 2.24) is 0 Å². The molecule has 1 aromatic carbocycles. The van der Waals surface area contributed by atoms with Crippen LogP contribution in [0.15, 0.2) is 52.0 Å². The van der Waals surface area contributed by atoms with Crippen molar-refractivity contribution >= 4 is 16.8 Å². The first-order valence-corrected chi connectivity index (χ1v) is 6.62. The number of methoxy groups -OCH3 is 1. The second kappa shape index (κ2) is 5.64. The number of ether oxygens (including phenoxy) is 1. The van der Waals surface area contributed by atoms with Crippen LogP contribution in [-0.4, -0.2) is 17.3 Å². The predicted molar refractivity (Wildman–Crippen MR) is 66.6 cm³/mol. The smallest absolute Gasteiger partial charge is 0.341 e. The van der Waals surface area contributed by atoms with Gasteiger partial charge in [-0.15, -0.1) is 0 Å². The largest absolute Gasteiger partial charge is 0.467 e. The van der Waals surface area contributed by atoms with Crippen LogP contribution in [0.1, 0.15) is 16.1 Å². The highest BCUT2D eigenvalue weighted by atomic mass is 32.2. The Bertz CT molecular complexity index is 559. The van der Waals surface area contributed by atoms with Crippen LogP contribution in [0.5, 0.6) is 0 Å². The summed E-state index contributed by atoms with van der Waals surface area (Å²) in [5.41, 5.74) is 0.321. The van der Waals surface area contributed by atoms with Gasteiger partial charge in [-0.3, -0.25) is 4.21 Å². The molecule has 0 aliphatic rings. The fraction of sp³-hybridized carbons (Fsp3) is 0.154. The standard InChI is InChI=1S/C13H12O4S/c1-16-13(14)11-7-8-17-12(11)9-18(15)10-5-3-2-4-6-10/h2-8H,9H2,1H3. The quantitative estimate of drug-likeness (QED) is 0.795. The molecule has 5 heteroatoms. The maximum Gasteiger partial charge on any atom is 0.341 e. The first-order chi connectivity index (χ1) is 8.72. The summed E-state index contributed by atoms with van der Waals surface area (Å²) >= 11 is 0. The third-order valence-electron chi connectivity index (χ3n) is 2.42. The molecule has 0 spiro atoms. The van der Waals surface area contributed by atoms with Crippen molar-refractivity contribution in [2.75, 3.05) is 7.11 Å². The predicted octanol–water partition coefficient (Wildman–Crippen LogP) is 2.37. The van der Waals surface area contributed by atoms with Crippen LogP contribution in [0.3, 0.4) is 0 Å². The molecule has 1 aromatic heterocycles. The van der Waals surface area contributed by atoms with E-state index in [0.29, 0.717) is 16.2 Å². The molecule has 0 saturated heterocycles. The van der Waals surface area contributed by atoms with Crippen LogP contribution >= 0.6 is 0 Å². The van der Waals surface area contributed by atoms with Gasteiger partial charge in [-0.05, 0) is 18.2 Å². The number of hydrogen-bond donors (Lipinski definition) is 0. The van der Waals surface area contributed by atoms with E-state index in [0.717, 1.165) is 0 Å². The second-order valence-electron chi connectivity index (χ2n) is 3.55. The fourth-order valence-corrected chi connectivity index (χ4v) is 2.61. The first-order valence-electron chi connectivity index (χ1n) is 5.30. The van der Waals surface area contributed by atoms with E-state index in [1.54, 1.807) is 12.1 Å². The van der Waals surface area contributed by atoms with E-state index < -0.39 is 16.8 Å². The molecular formula is C13H12O4S. The van der Waals surface area contributed by atoms with Crippen molar-refractivity contribution in [1.29, 1.82) is 0 Å².